The van der Waals surface area contributed by atoms with Crippen molar-refractivity contribution in [3.05, 3.63) is 0 Å². The summed E-state index contributed by atoms with van der Waals surface area (Å²) >= 11 is 0. The Balaban J connectivity index is 2.41. The van der Waals surface area contributed by atoms with Crippen molar-refractivity contribution < 1.29 is 4.79 Å². The van der Waals surface area contributed by atoms with Crippen molar-refractivity contribution in [2.45, 2.75) is 32.7 Å². The highest BCUT2D eigenvalue weighted by molar-refractivity contribution is 5.80. The first kappa shape index (κ1) is 10.5. The van der Waals surface area contributed by atoms with Crippen LogP contribution in [0.5, 0.6) is 0 Å². The molecule has 2 atom stereocenters. The molecule has 2 unspecified atom stereocenters. The third-order valence-electron chi connectivity index (χ3n) is 3.07. The van der Waals surface area contributed by atoms with Crippen LogP contribution in [0.3, 0.4) is 0 Å². The highest BCUT2D eigenvalue weighted by atomic mass is 16.2. The van der Waals surface area contributed by atoms with Crippen LogP contribution in [0.15, 0.2) is 0 Å². The van der Waals surface area contributed by atoms with Gasteiger partial charge in [-0.25, -0.2) is 0 Å². The fraction of sp³-hybridized carbons (Fsp3) is 0.900. The molecule has 13 heavy (non-hydrogen) atoms. The molecule has 0 aromatic rings. The quantitative estimate of drug-likeness (QED) is 0.705. The van der Waals surface area contributed by atoms with Crippen LogP contribution in [-0.2, 0) is 4.79 Å². The predicted molar refractivity (Wildman–Crippen MR) is 53.5 cm³/mol. The van der Waals surface area contributed by atoms with Crippen LogP contribution in [0.4, 0.5) is 0 Å². The van der Waals surface area contributed by atoms with Gasteiger partial charge in [-0.05, 0) is 25.8 Å². The van der Waals surface area contributed by atoms with Crippen LogP contribution in [-0.4, -0.2) is 37.0 Å². The van der Waals surface area contributed by atoms with Gasteiger partial charge in [-0.3, -0.25) is 9.69 Å². The zero-order valence-corrected chi connectivity index (χ0v) is 8.84. The van der Waals surface area contributed by atoms with Gasteiger partial charge in [-0.1, -0.05) is 13.3 Å². The maximum absolute atomic E-state index is 11.3. The van der Waals surface area contributed by atoms with E-state index in [2.05, 4.69) is 17.1 Å². The largest absolute Gasteiger partial charge is 0.358 e. The monoisotopic (exact) mass is 184 g/mol. The van der Waals surface area contributed by atoms with E-state index in [1.807, 2.05) is 6.92 Å². The van der Waals surface area contributed by atoms with Crippen molar-refractivity contribution in [2.24, 2.45) is 5.92 Å². The van der Waals surface area contributed by atoms with Crippen LogP contribution < -0.4 is 5.32 Å². The summed E-state index contributed by atoms with van der Waals surface area (Å²) in [7, 11) is 1.70. The molecular weight excluding hydrogens is 164 g/mol. The van der Waals surface area contributed by atoms with E-state index in [0.29, 0.717) is 0 Å². The summed E-state index contributed by atoms with van der Waals surface area (Å²) in [6.45, 7) is 6.37. The molecule has 1 heterocycles. The minimum absolute atomic E-state index is 0.0431. The molecule has 1 rings (SSSR count). The molecule has 1 aliphatic rings. The number of likely N-dealkylation sites (N-methyl/N-ethyl adjacent to an activating group) is 1. The molecule has 0 aromatic heterocycles. The first-order chi connectivity index (χ1) is 6.19. The molecule has 1 fully saturated rings. The van der Waals surface area contributed by atoms with Crippen LogP contribution >= 0.6 is 0 Å². The van der Waals surface area contributed by atoms with Crippen LogP contribution in [0.25, 0.3) is 0 Å². The summed E-state index contributed by atoms with van der Waals surface area (Å²) in [6, 6.07) is 0.0431. The van der Waals surface area contributed by atoms with E-state index >= 15 is 0 Å². The second-order valence-electron chi connectivity index (χ2n) is 3.85. The number of hydrogen-bond acceptors (Lipinski definition) is 2. The molecular formula is C10H20N2O. The number of likely N-dealkylation sites (tertiary alicyclic amines) is 1. The minimum Gasteiger partial charge on any atom is -0.358 e. The van der Waals surface area contributed by atoms with Gasteiger partial charge in [-0.15, -0.1) is 0 Å². The molecule has 1 saturated heterocycles. The van der Waals surface area contributed by atoms with Crippen LogP contribution in [0, 0.1) is 5.92 Å². The van der Waals surface area contributed by atoms with E-state index < -0.39 is 0 Å². The van der Waals surface area contributed by atoms with Crippen molar-refractivity contribution >= 4 is 5.91 Å². The van der Waals surface area contributed by atoms with Gasteiger partial charge in [-0.2, -0.15) is 0 Å². The molecule has 1 amide bonds. The highest BCUT2D eigenvalue weighted by Crippen LogP contribution is 2.20. The molecule has 0 spiro atoms. The molecule has 1 aliphatic heterocycles. The fourth-order valence-corrected chi connectivity index (χ4v) is 1.92. The van der Waals surface area contributed by atoms with E-state index in [1.165, 1.54) is 12.8 Å². The summed E-state index contributed by atoms with van der Waals surface area (Å²) in [5, 5.41) is 2.69. The lowest BCUT2D eigenvalue weighted by atomic mass is 10.1. The number of nitrogens with zero attached hydrogens (tertiary/aromatic N) is 1. The van der Waals surface area contributed by atoms with E-state index in [0.717, 1.165) is 19.0 Å². The normalized spacial score (nSPS) is 25.9. The lowest BCUT2D eigenvalue weighted by Gasteiger charge is -2.22. The third-order valence-corrected chi connectivity index (χ3v) is 3.07. The fourth-order valence-electron chi connectivity index (χ4n) is 1.92. The minimum atomic E-state index is 0.0431. The molecule has 0 bridgehead atoms. The van der Waals surface area contributed by atoms with Crippen LogP contribution in [0.1, 0.15) is 26.7 Å². The van der Waals surface area contributed by atoms with Gasteiger partial charge in [0.05, 0.1) is 6.04 Å². The first-order valence-electron chi connectivity index (χ1n) is 5.14. The second-order valence-corrected chi connectivity index (χ2v) is 3.85. The summed E-state index contributed by atoms with van der Waals surface area (Å²) in [5.74, 6) is 0.934. The number of amides is 1. The zero-order chi connectivity index (χ0) is 9.84. The van der Waals surface area contributed by atoms with Crippen molar-refractivity contribution in [1.29, 1.82) is 0 Å². The van der Waals surface area contributed by atoms with Gasteiger partial charge in [0, 0.05) is 13.6 Å². The molecule has 0 radical (unpaired) electrons. The van der Waals surface area contributed by atoms with Gasteiger partial charge in [0.15, 0.2) is 0 Å². The summed E-state index contributed by atoms with van der Waals surface area (Å²) in [6.07, 6.45) is 2.48. The van der Waals surface area contributed by atoms with Gasteiger partial charge < -0.3 is 5.32 Å². The van der Waals surface area contributed by atoms with E-state index in [4.69, 9.17) is 0 Å². The van der Waals surface area contributed by atoms with Crippen molar-refractivity contribution in [1.82, 2.24) is 10.2 Å². The Morgan fingerprint density at radius 2 is 2.38 bits per heavy atom. The van der Waals surface area contributed by atoms with Gasteiger partial charge in [0.25, 0.3) is 0 Å². The number of carbonyl (C=O) groups excluding carboxylic acids is 1. The molecule has 0 aliphatic carbocycles. The summed E-state index contributed by atoms with van der Waals surface area (Å²) in [5.41, 5.74) is 0. The lowest BCUT2D eigenvalue weighted by Crippen LogP contribution is -2.42. The standard InChI is InChI=1S/C10H20N2O/c1-4-9-5-6-12(7-9)8(2)10(13)11-3/h8-9H,4-7H2,1-3H3,(H,11,13). The summed E-state index contributed by atoms with van der Waals surface area (Å²) in [4.78, 5) is 13.6. The van der Waals surface area contributed by atoms with Crippen molar-refractivity contribution in [3.8, 4) is 0 Å². The molecule has 3 nitrogen and oxygen atoms in total. The topological polar surface area (TPSA) is 32.3 Å². The van der Waals surface area contributed by atoms with E-state index in [9.17, 15) is 4.79 Å². The lowest BCUT2D eigenvalue weighted by molar-refractivity contribution is -0.125. The number of nitrogens with one attached hydrogen (secondary N) is 1. The predicted octanol–water partition coefficient (Wildman–Crippen LogP) is 0.853. The Kier molecular flexibility index (Phi) is 3.72. The maximum atomic E-state index is 11.3. The van der Waals surface area contributed by atoms with Gasteiger partial charge in [0.2, 0.25) is 5.91 Å². The maximum Gasteiger partial charge on any atom is 0.236 e. The molecule has 76 valence electrons. The van der Waals surface area contributed by atoms with Crippen LogP contribution in [0.2, 0.25) is 0 Å². The number of hydrogen-bond donors (Lipinski definition) is 1. The Labute approximate surface area is 80.5 Å². The molecule has 3 heteroatoms. The zero-order valence-electron chi connectivity index (χ0n) is 8.84. The first-order valence-corrected chi connectivity index (χ1v) is 5.14. The van der Waals surface area contributed by atoms with Gasteiger partial charge >= 0.3 is 0 Å². The molecule has 0 aromatic carbocycles. The Hall–Kier alpha value is -0.570. The Morgan fingerprint density at radius 1 is 1.69 bits per heavy atom. The van der Waals surface area contributed by atoms with E-state index in [-0.39, 0.29) is 11.9 Å². The Morgan fingerprint density at radius 3 is 2.85 bits per heavy atom. The van der Waals surface area contributed by atoms with Crippen molar-refractivity contribution in [2.75, 3.05) is 20.1 Å². The Bertz CT molecular complexity index is 182. The van der Waals surface area contributed by atoms with Crippen molar-refractivity contribution in [3.63, 3.8) is 0 Å². The average Bonchev–Trinajstić information content (AvgIpc) is 2.63. The highest BCUT2D eigenvalue weighted by Gasteiger charge is 2.27. The molecule has 0 saturated carbocycles. The van der Waals surface area contributed by atoms with Gasteiger partial charge in [0.1, 0.15) is 0 Å². The number of carbonyl (C=O) groups is 1. The number of rotatable bonds is 3. The SMILES string of the molecule is CCC1CCN(C(C)C(=O)NC)C1. The van der Waals surface area contributed by atoms with E-state index in [1.54, 1.807) is 7.05 Å². The average molecular weight is 184 g/mol. The smallest absolute Gasteiger partial charge is 0.236 e. The molecule has 1 N–H and O–H groups in total. The third kappa shape index (κ3) is 2.44. The summed E-state index contributed by atoms with van der Waals surface area (Å²) < 4.78 is 0. The second kappa shape index (κ2) is 4.61.